The van der Waals surface area contributed by atoms with E-state index >= 15 is 0 Å². The maximum absolute atomic E-state index is 13.6. The summed E-state index contributed by atoms with van der Waals surface area (Å²) in [5.41, 5.74) is 3.34. The molecular weight excluding hydrogens is 435 g/mol. The lowest BCUT2D eigenvalue weighted by molar-refractivity contribution is 0.626. The van der Waals surface area contributed by atoms with Gasteiger partial charge in [-0.05, 0) is 61.9 Å². The van der Waals surface area contributed by atoms with Gasteiger partial charge in [-0.15, -0.1) is 11.3 Å². The summed E-state index contributed by atoms with van der Waals surface area (Å²) in [5.74, 6) is 7.06. The van der Waals surface area contributed by atoms with Crippen molar-refractivity contribution in [1.82, 2.24) is 25.1 Å². The van der Waals surface area contributed by atoms with Gasteiger partial charge < -0.3 is 10.6 Å². The fourth-order valence-electron chi connectivity index (χ4n) is 4.03. The molecule has 1 saturated heterocycles. The zero-order valence-electron chi connectivity index (χ0n) is 17.5. The van der Waals surface area contributed by atoms with Gasteiger partial charge in [0.25, 0.3) is 0 Å². The van der Waals surface area contributed by atoms with E-state index in [-0.39, 0.29) is 11.9 Å². The molecule has 5 aromatic rings. The summed E-state index contributed by atoms with van der Waals surface area (Å²) in [6.45, 7) is 1.04. The topological polar surface area (TPSA) is 67.7 Å². The number of anilines is 2. The molecule has 0 bridgehead atoms. The van der Waals surface area contributed by atoms with Crippen molar-refractivity contribution in [2.45, 2.75) is 18.9 Å². The maximum atomic E-state index is 13.6. The molecule has 33 heavy (non-hydrogen) atoms. The second kappa shape index (κ2) is 8.28. The molecule has 2 aromatic carbocycles. The summed E-state index contributed by atoms with van der Waals surface area (Å²) in [6, 6.07) is 14.6. The minimum Gasteiger partial charge on any atom is -0.339 e. The highest BCUT2D eigenvalue weighted by Gasteiger charge is 2.12. The van der Waals surface area contributed by atoms with E-state index in [0.29, 0.717) is 5.69 Å². The Hall–Kier alpha value is -3.80. The monoisotopic (exact) mass is 454 g/mol. The second-order valence-electron chi connectivity index (χ2n) is 7.90. The van der Waals surface area contributed by atoms with Crippen molar-refractivity contribution < 1.29 is 4.39 Å². The van der Waals surface area contributed by atoms with Crippen LogP contribution in [0, 0.1) is 17.7 Å². The van der Waals surface area contributed by atoms with E-state index in [1.54, 1.807) is 34.6 Å². The van der Waals surface area contributed by atoms with Crippen molar-refractivity contribution in [1.29, 1.82) is 0 Å². The predicted octanol–water partition coefficient (Wildman–Crippen LogP) is 5.02. The fourth-order valence-corrected chi connectivity index (χ4v) is 4.95. The van der Waals surface area contributed by atoms with Gasteiger partial charge in [0.15, 0.2) is 5.82 Å². The summed E-state index contributed by atoms with van der Waals surface area (Å²) in [7, 11) is 0. The number of aromatic nitrogens is 4. The van der Waals surface area contributed by atoms with Gasteiger partial charge in [-0.1, -0.05) is 17.9 Å². The van der Waals surface area contributed by atoms with Crippen molar-refractivity contribution >= 4 is 44.0 Å². The number of halogens is 1. The van der Waals surface area contributed by atoms with Crippen LogP contribution >= 0.6 is 11.3 Å². The first kappa shape index (κ1) is 19.9. The van der Waals surface area contributed by atoms with Crippen LogP contribution in [0.4, 0.5) is 15.9 Å². The molecule has 0 radical (unpaired) electrons. The third-order valence-electron chi connectivity index (χ3n) is 5.62. The Morgan fingerprint density at radius 2 is 2.12 bits per heavy atom. The molecule has 0 amide bonds. The van der Waals surface area contributed by atoms with Crippen LogP contribution in [0.2, 0.25) is 0 Å². The van der Waals surface area contributed by atoms with Crippen molar-refractivity contribution in [2.24, 2.45) is 0 Å². The number of thiophene rings is 1. The number of nitrogens with zero attached hydrogens (tertiary/aromatic N) is 4. The van der Waals surface area contributed by atoms with Crippen molar-refractivity contribution in [2.75, 3.05) is 11.9 Å². The van der Waals surface area contributed by atoms with Gasteiger partial charge in [0.05, 0.1) is 38.5 Å². The quantitative estimate of drug-likeness (QED) is 0.375. The molecule has 0 saturated carbocycles. The zero-order chi connectivity index (χ0) is 22.2. The average molecular weight is 455 g/mol. The molecule has 3 aromatic heterocycles. The normalized spacial score (nSPS) is 15.6. The van der Waals surface area contributed by atoms with E-state index < -0.39 is 0 Å². The Kier molecular flexibility index (Phi) is 4.98. The van der Waals surface area contributed by atoms with Gasteiger partial charge in [0.1, 0.15) is 12.1 Å². The number of rotatable bonds is 3. The SMILES string of the molecule is Fc1cccc(-n2ncc3cc(Nc4ncnc5cc(C#C[C@H]6CCCN6)sc45)ccc32)c1. The Morgan fingerprint density at radius 1 is 1.15 bits per heavy atom. The van der Waals surface area contributed by atoms with E-state index in [9.17, 15) is 4.39 Å². The maximum Gasteiger partial charge on any atom is 0.151 e. The summed E-state index contributed by atoms with van der Waals surface area (Å²) in [4.78, 5) is 9.85. The largest absolute Gasteiger partial charge is 0.339 e. The molecule has 8 heteroatoms. The highest BCUT2D eigenvalue weighted by molar-refractivity contribution is 7.20. The Labute approximate surface area is 193 Å². The lowest BCUT2D eigenvalue weighted by Crippen LogP contribution is -2.18. The van der Waals surface area contributed by atoms with Crippen LogP contribution in [0.1, 0.15) is 17.7 Å². The molecule has 1 fully saturated rings. The fraction of sp³-hybridized carbons (Fsp3) is 0.160. The molecule has 6 rings (SSSR count). The van der Waals surface area contributed by atoms with Crippen LogP contribution in [0.25, 0.3) is 26.8 Å². The van der Waals surface area contributed by atoms with Crippen LogP contribution < -0.4 is 10.6 Å². The molecule has 0 aliphatic carbocycles. The Morgan fingerprint density at radius 3 is 3.00 bits per heavy atom. The summed E-state index contributed by atoms with van der Waals surface area (Å²) >= 11 is 1.59. The number of hydrogen-bond acceptors (Lipinski definition) is 6. The van der Waals surface area contributed by atoms with Gasteiger partial charge in [0, 0.05) is 11.1 Å². The van der Waals surface area contributed by atoms with Gasteiger partial charge in [-0.2, -0.15) is 5.10 Å². The van der Waals surface area contributed by atoms with Crippen molar-refractivity contribution in [3.05, 3.63) is 71.7 Å². The first-order valence-corrected chi connectivity index (χ1v) is 11.5. The first-order valence-electron chi connectivity index (χ1n) is 10.7. The Bertz CT molecular complexity index is 1540. The average Bonchev–Trinajstić information content (AvgIpc) is 3.57. The molecule has 1 atom stereocenters. The highest BCUT2D eigenvalue weighted by atomic mass is 32.1. The summed E-state index contributed by atoms with van der Waals surface area (Å²) in [5, 5.41) is 12.2. The molecule has 162 valence electrons. The second-order valence-corrected chi connectivity index (χ2v) is 8.95. The van der Waals surface area contributed by atoms with Crippen LogP contribution in [0.3, 0.4) is 0 Å². The number of hydrogen-bond donors (Lipinski definition) is 2. The van der Waals surface area contributed by atoms with E-state index in [4.69, 9.17) is 0 Å². The summed E-state index contributed by atoms with van der Waals surface area (Å²) in [6.07, 6.45) is 5.62. The van der Waals surface area contributed by atoms with E-state index in [1.165, 1.54) is 18.6 Å². The smallest absolute Gasteiger partial charge is 0.151 e. The molecule has 1 aliphatic rings. The minimum atomic E-state index is -0.290. The molecule has 0 unspecified atom stereocenters. The van der Waals surface area contributed by atoms with E-state index in [1.807, 2.05) is 30.3 Å². The van der Waals surface area contributed by atoms with Crippen LogP contribution in [-0.2, 0) is 0 Å². The van der Waals surface area contributed by atoms with E-state index in [2.05, 4.69) is 37.5 Å². The van der Waals surface area contributed by atoms with Crippen molar-refractivity contribution in [3.8, 4) is 17.5 Å². The molecule has 1 aliphatic heterocycles. The Balaban J connectivity index is 1.30. The third kappa shape index (κ3) is 3.93. The lowest BCUT2D eigenvalue weighted by atomic mass is 10.2. The molecular formula is C25H19FN6S. The van der Waals surface area contributed by atoms with Crippen LogP contribution in [0.15, 0.2) is 61.1 Å². The molecule has 6 nitrogen and oxygen atoms in total. The number of nitrogens with one attached hydrogen (secondary N) is 2. The minimum absolute atomic E-state index is 0.277. The lowest BCUT2D eigenvalue weighted by Gasteiger charge is -2.07. The summed E-state index contributed by atoms with van der Waals surface area (Å²) < 4.78 is 16.3. The van der Waals surface area contributed by atoms with Gasteiger partial charge >= 0.3 is 0 Å². The molecule has 0 spiro atoms. The highest BCUT2D eigenvalue weighted by Crippen LogP contribution is 2.31. The molecule has 4 heterocycles. The van der Waals surface area contributed by atoms with Gasteiger partial charge in [0.2, 0.25) is 0 Å². The van der Waals surface area contributed by atoms with Crippen molar-refractivity contribution in [3.63, 3.8) is 0 Å². The predicted molar refractivity (Wildman–Crippen MR) is 130 cm³/mol. The van der Waals surface area contributed by atoms with E-state index in [0.717, 1.165) is 50.5 Å². The van der Waals surface area contributed by atoms with Crippen LogP contribution in [-0.4, -0.2) is 32.3 Å². The molecule has 2 N–H and O–H groups in total. The van der Waals surface area contributed by atoms with Crippen LogP contribution in [0.5, 0.6) is 0 Å². The standard InChI is InChI=1S/C25H19FN6S/c26-17-3-1-5-20(12-17)32-23-9-7-19(11-16(23)14-30-32)31-25-24-22(28-15-29-25)13-21(33-24)8-6-18-4-2-10-27-18/h1,3,5,7,9,11-15,18,27H,2,4,10H2,(H,28,29,31)/t18-/m1/s1. The first-order chi connectivity index (χ1) is 16.2. The van der Waals surface area contributed by atoms with Gasteiger partial charge in [-0.25, -0.2) is 19.0 Å². The zero-order valence-corrected chi connectivity index (χ0v) is 18.4. The number of fused-ring (bicyclic) bond motifs is 2. The third-order valence-corrected chi connectivity index (χ3v) is 6.67. The van der Waals surface area contributed by atoms with Gasteiger partial charge in [-0.3, -0.25) is 0 Å². The number of benzene rings is 2.